The lowest BCUT2D eigenvalue weighted by Gasteiger charge is -2.35. The van der Waals surface area contributed by atoms with Gasteiger partial charge in [-0.1, -0.05) is 54.6 Å². The highest BCUT2D eigenvalue weighted by Crippen LogP contribution is 2.38. The molecule has 1 N–H and O–H groups in total. The molecule has 0 amide bonds. The highest BCUT2D eigenvalue weighted by molar-refractivity contribution is 5.85. The standard InChI is InChI=1S/C24H23N3/c1-17-23(18-7-3-2-4-8-18)24-19-9-5-10-20(24)15-27(17)16-22-12-6-11-21(26-22)14-25-13-19/h2-12,25H,13-16H2,1H3. The molecule has 6 bridgehead atoms. The predicted octanol–water partition coefficient (Wildman–Crippen LogP) is 4.48. The summed E-state index contributed by atoms with van der Waals surface area (Å²) in [5.74, 6) is 0. The molecule has 27 heavy (non-hydrogen) atoms. The summed E-state index contributed by atoms with van der Waals surface area (Å²) in [4.78, 5) is 7.34. The van der Waals surface area contributed by atoms with Crippen molar-refractivity contribution in [3.05, 3.63) is 106 Å². The number of pyridine rings is 1. The number of benzene rings is 2. The quantitative estimate of drug-likeness (QED) is 0.699. The summed E-state index contributed by atoms with van der Waals surface area (Å²) < 4.78 is 0. The lowest BCUT2D eigenvalue weighted by Crippen LogP contribution is -2.29. The Balaban J connectivity index is 1.74. The molecular formula is C24H23N3. The van der Waals surface area contributed by atoms with Gasteiger partial charge in [0.15, 0.2) is 0 Å². The first-order valence-corrected chi connectivity index (χ1v) is 9.57. The average Bonchev–Trinajstić information content (AvgIpc) is 2.69. The Hall–Kier alpha value is -2.91. The highest BCUT2D eigenvalue weighted by Gasteiger charge is 2.26. The predicted molar refractivity (Wildman–Crippen MR) is 109 cm³/mol. The number of hydrogen-bond acceptors (Lipinski definition) is 3. The van der Waals surface area contributed by atoms with Gasteiger partial charge in [0.25, 0.3) is 0 Å². The SMILES string of the molecule is CC1=C(c2ccccc2)c2c3cccc2CN1Cc1cccc(n1)CNC3. The zero-order valence-corrected chi connectivity index (χ0v) is 15.6. The molecule has 3 nitrogen and oxygen atoms in total. The summed E-state index contributed by atoms with van der Waals surface area (Å²) in [5, 5.41) is 3.60. The third-order valence-electron chi connectivity index (χ3n) is 5.59. The topological polar surface area (TPSA) is 28.2 Å². The minimum atomic E-state index is 0.793. The lowest BCUT2D eigenvalue weighted by molar-refractivity contribution is 0.321. The maximum Gasteiger partial charge on any atom is 0.0603 e. The molecule has 3 heteroatoms. The van der Waals surface area contributed by atoms with E-state index >= 15 is 0 Å². The van der Waals surface area contributed by atoms with Crippen LogP contribution < -0.4 is 5.32 Å². The van der Waals surface area contributed by atoms with Gasteiger partial charge in [0.2, 0.25) is 0 Å². The molecule has 1 aromatic heterocycles. The zero-order valence-electron chi connectivity index (χ0n) is 15.6. The first kappa shape index (κ1) is 16.3. The summed E-state index contributed by atoms with van der Waals surface area (Å²) in [7, 11) is 0. The second kappa shape index (κ2) is 6.67. The van der Waals surface area contributed by atoms with E-state index in [2.05, 4.69) is 83.9 Å². The number of nitrogens with one attached hydrogen (secondary N) is 1. The maximum absolute atomic E-state index is 4.87. The average molecular weight is 353 g/mol. The van der Waals surface area contributed by atoms with Crippen LogP contribution in [0.2, 0.25) is 0 Å². The molecule has 0 unspecified atom stereocenters. The van der Waals surface area contributed by atoms with Crippen molar-refractivity contribution < 1.29 is 0 Å². The Morgan fingerprint density at radius 3 is 2.44 bits per heavy atom. The second-order valence-electron chi connectivity index (χ2n) is 7.36. The van der Waals surface area contributed by atoms with Crippen LogP contribution >= 0.6 is 0 Å². The molecule has 3 aliphatic heterocycles. The smallest absolute Gasteiger partial charge is 0.0603 e. The van der Waals surface area contributed by atoms with Crippen LogP contribution in [-0.2, 0) is 26.2 Å². The van der Waals surface area contributed by atoms with Crippen LogP contribution in [0, 0.1) is 0 Å². The van der Waals surface area contributed by atoms with Crippen molar-refractivity contribution in [1.29, 1.82) is 0 Å². The third-order valence-corrected chi connectivity index (χ3v) is 5.59. The van der Waals surface area contributed by atoms with Gasteiger partial charge in [-0.25, -0.2) is 0 Å². The van der Waals surface area contributed by atoms with E-state index in [1.54, 1.807) is 0 Å². The first-order valence-electron chi connectivity index (χ1n) is 9.57. The molecule has 3 aromatic rings. The summed E-state index contributed by atoms with van der Waals surface area (Å²) in [6.45, 7) is 5.65. The van der Waals surface area contributed by atoms with Crippen LogP contribution in [0.5, 0.6) is 0 Å². The van der Waals surface area contributed by atoms with Crippen molar-refractivity contribution in [2.45, 2.75) is 33.1 Å². The fourth-order valence-corrected chi connectivity index (χ4v) is 4.29. The van der Waals surface area contributed by atoms with E-state index in [4.69, 9.17) is 4.98 Å². The van der Waals surface area contributed by atoms with Gasteiger partial charge >= 0.3 is 0 Å². The number of aromatic nitrogens is 1. The van der Waals surface area contributed by atoms with Gasteiger partial charge in [-0.15, -0.1) is 0 Å². The molecule has 0 aliphatic carbocycles. The van der Waals surface area contributed by atoms with Gasteiger partial charge in [0.05, 0.1) is 17.9 Å². The van der Waals surface area contributed by atoms with Gasteiger partial charge in [-0.3, -0.25) is 4.98 Å². The number of allylic oxidation sites excluding steroid dienone is 1. The first-order chi connectivity index (χ1) is 13.3. The molecule has 4 heterocycles. The van der Waals surface area contributed by atoms with Crippen molar-refractivity contribution in [2.75, 3.05) is 0 Å². The number of hydrogen-bond donors (Lipinski definition) is 1. The van der Waals surface area contributed by atoms with E-state index in [1.807, 2.05) is 0 Å². The monoisotopic (exact) mass is 353 g/mol. The van der Waals surface area contributed by atoms with E-state index in [0.29, 0.717) is 0 Å². The number of nitrogens with zero attached hydrogens (tertiary/aromatic N) is 2. The fourth-order valence-electron chi connectivity index (χ4n) is 4.29. The van der Waals surface area contributed by atoms with E-state index in [0.717, 1.165) is 37.6 Å². The third kappa shape index (κ3) is 2.94. The summed E-state index contributed by atoms with van der Waals surface area (Å²) in [6.07, 6.45) is 0. The van der Waals surface area contributed by atoms with Gasteiger partial charge in [-0.2, -0.15) is 0 Å². The Morgan fingerprint density at radius 2 is 1.56 bits per heavy atom. The van der Waals surface area contributed by atoms with Crippen LogP contribution in [0.15, 0.2) is 72.4 Å². The fraction of sp³-hybridized carbons (Fsp3) is 0.208. The number of rotatable bonds is 1. The van der Waals surface area contributed by atoms with Gasteiger partial charge in [-0.05, 0) is 41.3 Å². The Morgan fingerprint density at radius 1 is 0.778 bits per heavy atom. The minimum Gasteiger partial charge on any atom is -0.364 e. The molecule has 3 aliphatic rings. The molecule has 0 atom stereocenters. The van der Waals surface area contributed by atoms with E-state index < -0.39 is 0 Å². The van der Waals surface area contributed by atoms with E-state index in [9.17, 15) is 0 Å². The molecule has 0 spiro atoms. The van der Waals surface area contributed by atoms with E-state index in [1.165, 1.54) is 33.5 Å². The van der Waals surface area contributed by atoms with Crippen molar-refractivity contribution in [3.8, 4) is 0 Å². The number of fused-ring (bicyclic) bond motifs is 2. The Bertz CT molecular complexity index is 1020. The summed E-state index contributed by atoms with van der Waals surface area (Å²) >= 11 is 0. The van der Waals surface area contributed by atoms with Crippen LogP contribution in [-0.4, -0.2) is 9.88 Å². The molecule has 0 saturated heterocycles. The van der Waals surface area contributed by atoms with Gasteiger partial charge in [0, 0.05) is 30.9 Å². The van der Waals surface area contributed by atoms with Crippen LogP contribution in [0.3, 0.4) is 0 Å². The van der Waals surface area contributed by atoms with Crippen molar-refractivity contribution >= 4 is 5.57 Å². The highest BCUT2D eigenvalue weighted by atomic mass is 15.1. The molecular weight excluding hydrogens is 330 g/mol. The largest absolute Gasteiger partial charge is 0.364 e. The molecule has 2 aromatic carbocycles. The van der Waals surface area contributed by atoms with Crippen molar-refractivity contribution in [3.63, 3.8) is 0 Å². The normalized spacial score (nSPS) is 16.1. The molecule has 0 fully saturated rings. The molecule has 0 saturated carbocycles. The molecule has 0 radical (unpaired) electrons. The van der Waals surface area contributed by atoms with Gasteiger partial charge < -0.3 is 10.2 Å². The van der Waals surface area contributed by atoms with Gasteiger partial charge in [0.1, 0.15) is 0 Å². The molecule has 6 rings (SSSR count). The Kier molecular flexibility index (Phi) is 4.02. The summed E-state index contributed by atoms with van der Waals surface area (Å²) in [5.41, 5.74) is 10.4. The minimum absolute atomic E-state index is 0.793. The molecule has 134 valence electrons. The van der Waals surface area contributed by atoms with Crippen molar-refractivity contribution in [1.82, 2.24) is 15.2 Å². The van der Waals surface area contributed by atoms with Crippen LogP contribution in [0.4, 0.5) is 0 Å². The second-order valence-corrected chi connectivity index (χ2v) is 7.36. The van der Waals surface area contributed by atoms with Crippen molar-refractivity contribution in [2.24, 2.45) is 0 Å². The zero-order chi connectivity index (χ0) is 18.2. The summed E-state index contributed by atoms with van der Waals surface area (Å²) in [6, 6.07) is 23.9. The van der Waals surface area contributed by atoms with Crippen LogP contribution in [0.25, 0.3) is 5.57 Å². The maximum atomic E-state index is 4.87. The Labute approximate surface area is 160 Å². The van der Waals surface area contributed by atoms with E-state index in [-0.39, 0.29) is 0 Å². The van der Waals surface area contributed by atoms with Crippen LogP contribution in [0.1, 0.15) is 40.6 Å². The lowest BCUT2D eigenvalue weighted by atomic mass is 9.85.